The molecule has 2 aromatic carbocycles. The van der Waals surface area contributed by atoms with Gasteiger partial charge in [-0.3, -0.25) is 9.59 Å². The Bertz CT molecular complexity index is 779. The van der Waals surface area contributed by atoms with Crippen molar-refractivity contribution in [1.82, 2.24) is 5.32 Å². The number of benzene rings is 2. The van der Waals surface area contributed by atoms with Gasteiger partial charge in [0, 0.05) is 24.5 Å². The van der Waals surface area contributed by atoms with Crippen molar-refractivity contribution < 1.29 is 14.0 Å². The summed E-state index contributed by atoms with van der Waals surface area (Å²) < 4.78 is 13.9. The van der Waals surface area contributed by atoms with Crippen LogP contribution >= 0.6 is 11.6 Å². The Hall–Kier alpha value is -2.40. The Morgan fingerprint density at radius 3 is 2.64 bits per heavy atom. The third kappa shape index (κ3) is 4.17. The third-order valence-electron chi connectivity index (χ3n) is 4.27. The molecule has 1 atom stereocenters. The van der Waals surface area contributed by atoms with E-state index in [1.165, 1.54) is 11.0 Å². The summed E-state index contributed by atoms with van der Waals surface area (Å²) >= 11 is 5.84. The van der Waals surface area contributed by atoms with E-state index < -0.39 is 11.7 Å². The lowest BCUT2D eigenvalue weighted by atomic mass is 10.1. The van der Waals surface area contributed by atoms with Crippen LogP contribution in [0.4, 0.5) is 10.1 Å². The zero-order valence-electron chi connectivity index (χ0n) is 13.5. The van der Waals surface area contributed by atoms with Crippen LogP contribution in [-0.2, 0) is 16.0 Å². The van der Waals surface area contributed by atoms with Crippen LogP contribution in [0.5, 0.6) is 0 Å². The number of para-hydroxylation sites is 1. The molecule has 1 saturated heterocycles. The maximum atomic E-state index is 13.9. The average Bonchev–Trinajstić information content (AvgIpc) is 2.99. The topological polar surface area (TPSA) is 49.4 Å². The van der Waals surface area contributed by atoms with Crippen molar-refractivity contribution in [3.63, 3.8) is 0 Å². The lowest BCUT2D eigenvalue weighted by Crippen LogP contribution is -2.34. The van der Waals surface area contributed by atoms with Gasteiger partial charge in [0.1, 0.15) is 5.82 Å². The minimum absolute atomic E-state index is 0.0983. The van der Waals surface area contributed by atoms with Gasteiger partial charge < -0.3 is 10.2 Å². The summed E-state index contributed by atoms with van der Waals surface area (Å²) in [4.78, 5) is 25.8. The largest absolute Gasteiger partial charge is 0.355 e. The van der Waals surface area contributed by atoms with Crippen LogP contribution in [-0.4, -0.2) is 24.9 Å². The lowest BCUT2D eigenvalue weighted by Gasteiger charge is -2.17. The van der Waals surface area contributed by atoms with E-state index in [2.05, 4.69) is 5.32 Å². The van der Waals surface area contributed by atoms with Crippen molar-refractivity contribution in [3.05, 3.63) is 64.9 Å². The van der Waals surface area contributed by atoms with Gasteiger partial charge in [-0.1, -0.05) is 35.9 Å². The number of anilines is 1. The molecule has 0 saturated carbocycles. The van der Waals surface area contributed by atoms with Crippen LogP contribution in [0.3, 0.4) is 0 Å². The van der Waals surface area contributed by atoms with Gasteiger partial charge in [0.15, 0.2) is 0 Å². The summed E-state index contributed by atoms with van der Waals surface area (Å²) in [5.41, 5.74) is 1.30. The van der Waals surface area contributed by atoms with Gasteiger partial charge in [-0.05, 0) is 36.2 Å². The van der Waals surface area contributed by atoms with Gasteiger partial charge in [0.2, 0.25) is 11.8 Å². The number of halogens is 2. The summed E-state index contributed by atoms with van der Waals surface area (Å²) in [7, 11) is 0. The molecule has 1 aliphatic rings. The molecule has 0 radical (unpaired) electrons. The number of amides is 2. The standard InChI is InChI=1S/C19H18ClFN2O2/c20-15-7-5-13(6-8-15)9-10-22-19(25)14-11-18(24)23(12-14)17-4-2-1-3-16(17)21/h1-8,14H,9-12H2,(H,22,25). The highest BCUT2D eigenvalue weighted by atomic mass is 35.5. The van der Waals surface area contributed by atoms with E-state index in [0.29, 0.717) is 18.0 Å². The van der Waals surface area contributed by atoms with Crippen molar-refractivity contribution in [2.75, 3.05) is 18.0 Å². The molecule has 1 N–H and O–H groups in total. The molecule has 0 aliphatic carbocycles. The minimum Gasteiger partial charge on any atom is -0.355 e. The first-order valence-corrected chi connectivity index (χ1v) is 8.49. The van der Waals surface area contributed by atoms with E-state index in [1.807, 2.05) is 12.1 Å². The molecule has 25 heavy (non-hydrogen) atoms. The van der Waals surface area contributed by atoms with E-state index in [4.69, 9.17) is 11.6 Å². The molecular formula is C19H18ClFN2O2. The van der Waals surface area contributed by atoms with Crippen LogP contribution < -0.4 is 10.2 Å². The normalized spacial score (nSPS) is 17.0. The monoisotopic (exact) mass is 360 g/mol. The SMILES string of the molecule is O=C(NCCc1ccc(Cl)cc1)C1CC(=O)N(c2ccccc2F)C1. The zero-order valence-corrected chi connectivity index (χ0v) is 14.3. The molecule has 1 heterocycles. The second-order valence-electron chi connectivity index (χ2n) is 6.02. The van der Waals surface area contributed by atoms with Crippen LogP contribution in [0.25, 0.3) is 0 Å². The first kappa shape index (κ1) is 17.4. The van der Waals surface area contributed by atoms with Gasteiger partial charge in [-0.25, -0.2) is 4.39 Å². The van der Waals surface area contributed by atoms with Crippen molar-refractivity contribution >= 4 is 29.1 Å². The van der Waals surface area contributed by atoms with Crippen LogP contribution in [0.2, 0.25) is 5.02 Å². The van der Waals surface area contributed by atoms with Crippen LogP contribution in [0.15, 0.2) is 48.5 Å². The first-order chi connectivity index (χ1) is 12.0. The van der Waals surface area contributed by atoms with Crippen molar-refractivity contribution in [2.24, 2.45) is 5.92 Å². The zero-order chi connectivity index (χ0) is 17.8. The summed E-state index contributed by atoms with van der Waals surface area (Å²) in [6, 6.07) is 13.5. The molecule has 130 valence electrons. The Morgan fingerprint density at radius 1 is 1.20 bits per heavy atom. The Balaban J connectivity index is 1.54. The van der Waals surface area contributed by atoms with Gasteiger partial charge >= 0.3 is 0 Å². The molecule has 0 bridgehead atoms. The van der Waals surface area contributed by atoms with Gasteiger partial charge in [0.25, 0.3) is 0 Å². The minimum atomic E-state index is -0.461. The van der Waals surface area contributed by atoms with Crippen molar-refractivity contribution in [2.45, 2.75) is 12.8 Å². The molecule has 2 aromatic rings. The van der Waals surface area contributed by atoms with Gasteiger partial charge in [0.05, 0.1) is 11.6 Å². The van der Waals surface area contributed by atoms with E-state index in [-0.39, 0.29) is 30.5 Å². The highest BCUT2D eigenvalue weighted by Gasteiger charge is 2.35. The third-order valence-corrected chi connectivity index (χ3v) is 4.52. The lowest BCUT2D eigenvalue weighted by molar-refractivity contribution is -0.126. The smallest absolute Gasteiger partial charge is 0.227 e. The molecular weight excluding hydrogens is 343 g/mol. The first-order valence-electron chi connectivity index (χ1n) is 8.11. The average molecular weight is 361 g/mol. The quantitative estimate of drug-likeness (QED) is 0.890. The summed E-state index contributed by atoms with van der Waals surface area (Å²) in [6.45, 7) is 0.678. The number of nitrogens with zero attached hydrogens (tertiary/aromatic N) is 1. The second kappa shape index (κ2) is 7.66. The number of carbonyl (C=O) groups is 2. The van der Waals surface area contributed by atoms with E-state index in [0.717, 1.165) is 5.56 Å². The fourth-order valence-electron chi connectivity index (χ4n) is 2.91. The molecule has 6 heteroatoms. The Labute approximate surface area is 150 Å². The van der Waals surface area contributed by atoms with E-state index in [9.17, 15) is 14.0 Å². The Morgan fingerprint density at radius 2 is 1.92 bits per heavy atom. The molecule has 3 rings (SSSR count). The van der Waals surface area contributed by atoms with Crippen LogP contribution in [0.1, 0.15) is 12.0 Å². The molecule has 4 nitrogen and oxygen atoms in total. The number of nitrogens with one attached hydrogen (secondary N) is 1. The fraction of sp³-hybridized carbons (Fsp3) is 0.263. The fourth-order valence-corrected chi connectivity index (χ4v) is 3.04. The number of hydrogen-bond acceptors (Lipinski definition) is 2. The molecule has 1 aliphatic heterocycles. The number of hydrogen-bond donors (Lipinski definition) is 1. The van der Waals surface area contributed by atoms with E-state index >= 15 is 0 Å². The summed E-state index contributed by atoms with van der Waals surface area (Å²) in [5, 5.41) is 3.52. The molecule has 1 unspecified atom stereocenters. The van der Waals surface area contributed by atoms with Crippen LogP contribution in [0, 0.1) is 11.7 Å². The van der Waals surface area contributed by atoms with E-state index in [1.54, 1.807) is 30.3 Å². The van der Waals surface area contributed by atoms with Crippen molar-refractivity contribution in [1.29, 1.82) is 0 Å². The van der Waals surface area contributed by atoms with Gasteiger partial charge in [-0.15, -0.1) is 0 Å². The molecule has 0 aromatic heterocycles. The summed E-state index contributed by atoms with van der Waals surface area (Å²) in [5.74, 6) is -1.33. The maximum Gasteiger partial charge on any atom is 0.227 e. The number of carbonyl (C=O) groups excluding carboxylic acids is 2. The second-order valence-corrected chi connectivity index (χ2v) is 6.46. The predicted octanol–water partition coefficient (Wildman–Crippen LogP) is 3.19. The Kier molecular flexibility index (Phi) is 5.34. The highest BCUT2D eigenvalue weighted by Crippen LogP contribution is 2.27. The number of rotatable bonds is 5. The maximum absolute atomic E-state index is 13.9. The molecule has 0 spiro atoms. The highest BCUT2D eigenvalue weighted by molar-refractivity contribution is 6.30. The van der Waals surface area contributed by atoms with Crippen molar-refractivity contribution in [3.8, 4) is 0 Å². The molecule has 2 amide bonds. The summed E-state index contributed by atoms with van der Waals surface area (Å²) in [6.07, 6.45) is 0.779. The molecule has 1 fully saturated rings. The predicted molar refractivity (Wildman–Crippen MR) is 95.0 cm³/mol. The van der Waals surface area contributed by atoms with Gasteiger partial charge in [-0.2, -0.15) is 0 Å².